The van der Waals surface area contributed by atoms with E-state index in [-0.39, 0.29) is 30.1 Å². The third-order valence-electron chi connectivity index (χ3n) is 4.89. The van der Waals surface area contributed by atoms with Gasteiger partial charge in [-0.3, -0.25) is 9.59 Å². The molecule has 0 atom stereocenters. The Balaban J connectivity index is 2.23. The molecule has 1 N–H and O–H groups in total. The molecule has 0 heterocycles. The van der Waals surface area contributed by atoms with E-state index < -0.39 is 0 Å². The molecule has 4 nitrogen and oxygen atoms in total. The molecule has 0 radical (unpaired) electrons. The summed E-state index contributed by atoms with van der Waals surface area (Å²) in [4.78, 5) is 26.7. The highest BCUT2D eigenvalue weighted by atomic mass is 16.2. The Hall–Kier alpha value is -2.62. The Kier molecular flexibility index (Phi) is 7.38. The van der Waals surface area contributed by atoms with Gasteiger partial charge in [-0.1, -0.05) is 63.6 Å². The molecule has 0 aliphatic rings. The van der Waals surface area contributed by atoms with Crippen LogP contribution >= 0.6 is 0 Å². The summed E-state index contributed by atoms with van der Waals surface area (Å²) >= 11 is 0. The van der Waals surface area contributed by atoms with E-state index in [1.165, 1.54) is 0 Å². The number of nitrogens with zero attached hydrogens (tertiary/aromatic N) is 1. The lowest BCUT2D eigenvalue weighted by Crippen LogP contribution is -2.33. The summed E-state index contributed by atoms with van der Waals surface area (Å²) in [6.07, 6.45) is 0.247. The predicted molar refractivity (Wildman–Crippen MR) is 117 cm³/mol. The monoisotopic (exact) mass is 380 g/mol. The fourth-order valence-electron chi connectivity index (χ4n) is 3.32. The molecule has 0 aromatic heterocycles. The highest BCUT2D eigenvalue weighted by molar-refractivity contribution is 5.96. The predicted octanol–water partition coefficient (Wildman–Crippen LogP) is 5.62. The number of rotatable bonds is 7. The zero-order chi connectivity index (χ0) is 20.8. The molecule has 4 heteroatoms. The number of nitrogens with one attached hydrogen (secondary N) is 1. The minimum atomic E-state index is -0.0942. The van der Waals surface area contributed by atoms with Gasteiger partial charge in [-0.25, -0.2) is 0 Å². The van der Waals surface area contributed by atoms with Crippen molar-refractivity contribution in [3.63, 3.8) is 0 Å². The van der Waals surface area contributed by atoms with Crippen LogP contribution < -0.4 is 10.2 Å². The molecule has 150 valence electrons. The smallest absolute Gasteiger partial charge is 0.226 e. The van der Waals surface area contributed by atoms with Crippen molar-refractivity contribution < 1.29 is 9.59 Å². The molecule has 0 aliphatic heterocycles. The summed E-state index contributed by atoms with van der Waals surface area (Å²) < 4.78 is 0. The van der Waals surface area contributed by atoms with E-state index in [0.29, 0.717) is 6.54 Å². The second-order valence-corrected chi connectivity index (χ2v) is 7.93. The topological polar surface area (TPSA) is 49.4 Å². The maximum Gasteiger partial charge on any atom is 0.226 e. The normalized spacial score (nSPS) is 11.0. The number of carbonyl (C=O) groups excluding carboxylic acids is 2. The van der Waals surface area contributed by atoms with E-state index >= 15 is 0 Å². The van der Waals surface area contributed by atoms with Crippen molar-refractivity contribution in [2.45, 2.75) is 59.8 Å². The fourth-order valence-corrected chi connectivity index (χ4v) is 3.32. The van der Waals surface area contributed by atoms with Crippen molar-refractivity contribution >= 4 is 23.2 Å². The first-order valence-corrected chi connectivity index (χ1v) is 9.98. The average Bonchev–Trinajstić information content (AvgIpc) is 2.63. The minimum absolute atomic E-state index is 0.0434. The van der Waals surface area contributed by atoms with Gasteiger partial charge in [0.05, 0.1) is 5.69 Å². The number of para-hydroxylation sites is 1. The van der Waals surface area contributed by atoms with E-state index in [1.807, 2.05) is 31.2 Å². The second-order valence-electron chi connectivity index (χ2n) is 7.93. The zero-order valence-electron chi connectivity index (χ0n) is 17.9. The van der Waals surface area contributed by atoms with Gasteiger partial charge < -0.3 is 10.2 Å². The molecule has 0 aliphatic carbocycles. The number of anilines is 2. The van der Waals surface area contributed by atoms with Gasteiger partial charge >= 0.3 is 0 Å². The number of benzene rings is 2. The number of amides is 2. The lowest BCUT2D eigenvalue weighted by atomic mass is 9.91. The van der Waals surface area contributed by atoms with Gasteiger partial charge in [0.2, 0.25) is 11.8 Å². The zero-order valence-corrected chi connectivity index (χ0v) is 17.9. The van der Waals surface area contributed by atoms with Gasteiger partial charge in [0.25, 0.3) is 0 Å². The summed E-state index contributed by atoms with van der Waals surface area (Å²) in [6.45, 7) is 12.5. The number of hydrogen-bond donors (Lipinski definition) is 1. The molecule has 2 aromatic rings. The largest absolute Gasteiger partial charge is 0.326 e. The van der Waals surface area contributed by atoms with Gasteiger partial charge in [-0.2, -0.15) is 0 Å². The lowest BCUT2D eigenvalue weighted by molar-refractivity contribution is -0.117. The Morgan fingerprint density at radius 1 is 0.929 bits per heavy atom. The summed E-state index contributed by atoms with van der Waals surface area (Å²) in [5, 5.41) is 2.91. The van der Waals surface area contributed by atoms with Crippen molar-refractivity contribution in [3.05, 3.63) is 59.2 Å². The van der Waals surface area contributed by atoms with Crippen LogP contribution in [0.25, 0.3) is 0 Å². The molecule has 0 saturated carbocycles. The van der Waals surface area contributed by atoms with Gasteiger partial charge in [-0.05, 0) is 42.0 Å². The molecular weight excluding hydrogens is 348 g/mol. The molecule has 2 amide bonds. The van der Waals surface area contributed by atoms with Gasteiger partial charge in [0, 0.05) is 25.6 Å². The average molecular weight is 381 g/mol. The Morgan fingerprint density at radius 3 is 1.93 bits per heavy atom. The van der Waals surface area contributed by atoms with Crippen molar-refractivity contribution in [1.29, 1.82) is 0 Å². The van der Waals surface area contributed by atoms with Crippen LogP contribution in [0.3, 0.4) is 0 Å². The first-order valence-electron chi connectivity index (χ1n) is 9.98. The van der Waals surface area contributed by atoms with Crippen LogP contribution in [0.5, 0.6) is 0 Å². The van der Waals surface area contributed by atoms with Crippen molar-refractivity contribution in [3.8, 4) is 0 Å². The number of aryl methyl sites for hydroxylation is 1. The van der Waals surface area contributed by atoms with E-state index in [1.54, 1.807) is 11.8 Å². The van der Waals surface area contributed by atoms with Crippen LogP contribution in [0.4, 0.5) is 11.4 Å². The van der Waals surface area contributed by atoms with E-state index in [9.17, 15) is 9.59 Å². The standard InChI is InChI=1S/C24H32N2O2/c1-16(2)21-8-7-9-22(17(3)4)24(21)26(19(6)27)15-14-23(28)25-20-12-10-18(5)11-13-20/h7-13,16-17H,14-15H2,1-6H3,(H,25,28). The Bertz CT molecular complexity index is 797. The molecule has 0 fully saturated rings. The van der Waals surface area contributed by atoms with E-state index in [2.05, 4.69) is 51.2 Å². The third-order valence-corrected chi connectivity index (χ3v) is 4.89. The summed E-state index contributed by atoms with van der Waals surface area (Å²) in [5.74, 6) is 0.440. The molecule has 0 bridgehead atoms. The first kappa shape index (κ1) is 21.7. The molecule has 2 aromatic carbocycles. The number of carbonyl (C=O) groups is 2. The summed E-state index contributed by atoms with van der Waals surface area (Å²) in [5.41, 5.74) is 5.16. The lowest BCUT2D eigenvalue weighted by Gasteiger charge is -2.29. The van der Waals surface area contributed by atoms with Crippen LogP contribution in [0, 0.1) is 6.92 Å². The minimum Gasteiger partial charge on any atom is -0.326 e. The SMILES string of the molecule is CC(=O)N(CCC(=O)Nc1ccc(C)cc1)c1c(C(C)C)cccc1C(C)C. The van der Waals surface area contributed by atoms with Crippen LogP contribution in [0.15, 0.2) is 42.5 Å². The maximum atomic E-state index is 12.5. The molecular formula is C24H32N2O2. The quantitative estimate of drug-likeness (QED) is 0.677. The van der Waals surface area contributed by atoms with Crippen molar-refractivity contribution in [2.24, 2.45) is 0 Å². The molecule has 2 rings (SSSR count). The molecule has 0 spiro atoms. The van der Waals surface area contributed by atoms with Gasteiger partial charge in [0.1, 0.15) is 0 Å². The Morgan fingerprint density at radius 2 is 1.46 bits per heavy atom. The van der Waals surface area contributed by atoms with Gasteiger partial charge in [0.15, 0.2) is 0 Å². The van der Waals surface area contributed by atoms with Crippen LogP contribution in [-0.4, -0.2) is 18.4 Å². The third kappa shape index (κ3) is 5.44. The van der Waals surface area contributed by atoms with Crippen molar-refractivity contribution in [1.82, 2.24) is 0 Å². The summed E-state index contributed by atoms with van der Waals surface area (Å²) in [7, 11) is 0. The number of hydrogen-bond acceptors (Lipinski definition) is 2. The van der Waals surface area contributed by atoms with Crippen LogP contribution in [-0.2, 0) is 9.59 Å². The van der Waals surface area contributed by atoms with Crippen molar-refractivity contribution in [2.75, 3.05) is 16.8 Å². The molecule has 28 heavy (non-hydrogen) atoms. The first-order chi connectivity index (χ1) is 13.2. The summed E-state index contributed by atoms with van der Waals surface area (Å²) in [6, 6.07) is 13.9. The molecule has 0 saturated heterocycles. The van der Waals surface area contributed by atoms with E-state index in [0.717, 1.165) is 28.1 Å². The van der Waals surface area contributed by atoms with E-state index in [4.69, 9.17) is 0 Å². The van der Waals surface area contributed by atoms with Crippen LogP contribution in [0.2, 0.25) is 0 Å². The Labute approximate surface area is 169 Å². The highest BCUT2D eigenvalue weighted by Gasteiger charge is 2.22. The maximum absolute atomic E-state index is 12.5. The highest BCUT2D eigenvalue weighted by Crippen LogP contribution is 2.35. The van der Waals surface area contributed by atoms with Gasteiger partial charge in [-0.15, -0.1) is 0 Å². The second kappa shape index (κ2) is 9.54. The molecule has 0 unspecified atom stereocenters. The fraction of sp³-hybridized carbons (Fsp3) is 0.417. The van der Waals surface area contributed by atoms with Crippen LogP contribution in [0.1, 0.15) is 69.6 Å².